The van der Waals surface area contributed by atoms with Gasteiger partial charge in [0.2, 0.25) is 5.91 Å². The summed E-state index contributed by atoms with van der Waals surface area (Å²) < 4.78 is 15.3. The molecule has 3 aromatic rings. The number of likely N-dealkylation sites (tertiary alicyclic amines) is 1. The van der Waals surface area contributed by atoms with Gasteiger partial charge in [-0.2, -0.15) is 5.10 Å². The predicted octanol–water partition coefficient (Wildman–Crippen LogP) is 3.30. The Bertz CT molecular complexity index is 950. The molecule has 1 aromatic carbocycles. The first-order valence-electron chi connectivity index (χ1n) is 9.04. The third kappa shape index (κ3) is 3.11. The Labute approximate surface area is 151 Å². The zero-order chi connectivity index (χ0) is 18.3. The lowest BCUT2D eigenvalue weighted by atomic mass is 9.89. The number of aromatic amines is 1. The van der Waals surface area contributed by atoms with Crippen molar-refractivity contribution in [3.05, 3.63) is 53.2 Å². The summed E-state index contributed by atoms with van der Waals surface area (Å²) in [6.07, 6.45) is 6.12. The van der Waals surface area contributed by atoms with Crippen LogP contribution in [0.3, 0.4) is 0 Å². The van der Waals surface area contributed by atoms with Crippen molar-refractivity contribution in [1.82, 2.24) is 19.7 Å². The van der Waals surface area contributed by atoms with E-state index in [1.807, 2.05) is 31.3 Å². The molecule has 0 radical (unpaired) electrons. The summed E-state index contributed by atoms with van der Waals surface area (Å²) in [5, 5.41) is 5.26. The second-order valence-electron chi connectivity index (χ2n) is 7.18. The first-order valence-corrected chi connectivity index (χ1v) is 9.04. The highest BCUT2D eigenvalue weighted by atomic mass is 19.1. The van der Waals surface area contributed by atoms with E-state index in [2.05, 4.69) is 10.1 Å². The standard InChI is InChI=1S/C20H23FN4O/c1-13-15(12-24(2)23-13)9-20(26)25-7-5-14(6-8-25)18-11-22-19-4-3-16(21)10-17(18)19/h3-4,10-12,14,22H,5-9H2,1-2H3. The summed E-state index contributed by atoms with van der Waals surface area (Å²) >= 11 is 0. The van der Waals surface area contributed by atoms with Gasteiger partial charge in [0.05, 0.1) is 12.1 Å². The maximum Gasteiger partial charge on any atom is 0.227 e. The van der Waals surface area contributed by atoms with Crippen LogP contribution in [0.5, 0.6) is 0 Å². The van der Waals surface area contributed by atoms with Crippen molar-refractivity contribution in [3.8, 4) is 0 Å². The first kappa shape index (κ1) is 16.8. The molecule has 5 nitrogen and oxygen atoms in total. The number of fused-ring (bicyclic) bond motifs is 1. The molecule has 3 heterocycles. The maximum atomic E-state index is 13.6. The molecule has 4 rings (SSSR count). The molecule has 0 saturated carbocycles. The third-order valence-corrected chi connectivity index (χ3v) is 5.42. The minimum atomic E-state index is -0.210. The van der Waals surface area contributed by atoms with Crippen LogP contribution in [0.25, 0.3) is 10.9 Å². The molecule has 6 heteroatoms. The monoisotopic (exact) mass is 354 g/mol. The van der Waals surface area contributed by atoms with E-state index in [1.165, 1.54) is 6.07 Å². The number of aryl methyl sites for hydroxylation is 2. The van der Waals surface area contributed by atoms with Crippen LogP contribution < -0.4 is 0 Å². The van der Waals surface area contributed by atoms with E-state index in [1.54, 1.807) is 16.8 Å². The quantitative estimate of drug-likeness (QED) is 0.785. The Balaban J connectivity index is 1.42. The number of H-pyrrole nitrogens is 1. The summed E-state index contributed by atoms with van der Waals surface area (Å²) in [7, 11) is 1.87. The Hall–Kier alpha value is -2.63. The van der Waals surface area contributed by atoms with Gasteiger partial charge in [-0.3, -0.25) is 9.48 Å². The molecule has 1 fully saturated rings. The molecule has 1 N–H and O–H groups in total. The van der Waals surface area contributed by atoms with Crippen LogP contribution in [0.4, 0.5) is 4.39 Å². The molecule has 136 valence electrons. The fraction of sp³-hybridized carbons (Fsp3) is 0.400. The van der Waals surface area contributed by atoms with Crippen molar-refractivity contribution < 1.29 is 9.18 Å². The van der Waals surface area contributed by atoms with Gasteiger partial charge in [0.25, 0.3) is 0 Å². The highest BCUT2D eigenvalue weighted by Crippen LogP contribution is 2.33. The Morgan fingerprint density at radius 1 is 1.35 bits per heavy atom. The topological polar surface area (TPSA) is 53.9 Å². The van der Waals surface area contributed by atoms with Gasteiger partial charge in [-0.05, 0) is 49.4 Å². The van der Waals surface area contributed by atoms with Gasteiger partial charge in [-0.15, -0.1) is 0 Å². The van der Waals surface area contributed by atoms with Crippen molar-refractivity contribution in [2.75, 3.05) is 13.1 Å². The van der Waals surface area contributed by atoms with Crippen molar-refractivity contribution in [3.63, 3.8) is 0 Å². The number of amides is 1. The van der Waals surface area contributed by atoms with E-state index in [0.717, 1.165) is 53.7 Å². The van der Waals surface area contributed by atoms with Crippen LogP contribution in [-0.2, 0) is 18.3 Å². The average Bonchev–Trinajstić information content (AvgIpc) is 3.17. The zero-order valence-corrected chi connectivity index (χ0v) is 15.1. The van der Waals surface area contributed by atoms with E-state index in [9.17, 15) is 9.18 Å². The number of nitrogens with one attached hydrogen (secondary N) is 1. The van der Waals surface area contributed by atoms with E-state index in [0.29, 0.717) is 12.3 Å². The molecule has 1 aliphatic rings. The van der Waals surface area contributed by atoms with Gasteiger partial charge in [-0.1, -0.05) is 0 Å². The number of carbonyl (C=O) groups is 1. The number of halogens is 1. The Morgan fingerprint density at radius 3 is 2.81 bits per heavy atom. The molecule has 0 atom stereocenters. The summed E-state index contributed by atoms with van der Waals surface area (Å²) in [4.78, 5) is 17.8. The lowest BCUT2D eigenvalue weighted by Gasteiger charge is -2.32. The van der Waals surface area contributed by atoms with Crippen molar-refractivity contribution in [1.29, 1.82) is 0 Å². The number of hydrogen-bond acceptors (Lipinski definition) is 2. The molecule has 0 aliphatic carbocycles. The number of aromatic nitrogens is 3. The number of benzene rings is 1. The lowest BCUT2D eigenvalue weighted by molar-refractivity contribution is -0.131. The second-order valence-corrected chi connectivity index (χ2v) is 7.18. The zero-order valence-electron chi connectivity index (χ0n) is 15.1. The van der Waals surface area contributed by atoms with Gasteiger partial charge in [0.1, 0.15) is 5.82 Å². The number of piperidine rings is 1. The van der Waals surface area contributed by atoms with Gasteiger partial charge >= 0.3 is 0 Å². The van der Waals surface area contributed by atoms with Crippen molar-refractivity contribution >= 4 is 16.8 Å². The molecular formula is C20H23FN4O. The largest absolute Gasteiger partial charge is 0.361 e. The van der Waals surface area contributed by atoms with E-state index in [-0.39, 0.29) is 11.7 Å². The number of carbonyl (C=O) groups excluding carboxylic acids is 1. The first-order chi connectivity index (χ1) is 12.5. The Kier molecular flexibility index (Phi) is 4.26. The van der Waals surface area contributed by atoms with E-state index < -0.39 is 0 Å². The second kappa shape index (κ2) is 6.59. The van der Waals surface area contributed by atoms with Gasteiger partial charge < -0.3 is 9.88 Å². The maximum absolute atomic E-state index is 13.6. The summed E-state index contributed by atoms with van der Waals surface area (Å²) in [6, 6.07) is 4.86. The summed E-state index contributed by atoms with van der Waals surface area (Å²) in [5.41, 5.74) is 4.03. The van der Waals surface area contributed by atoms with Crippen LogP contribution in [0, 0.1) is 12.7 Å². The van der Waals surface area contributed by atoms with Gasteiger partial charge in [0, 0.05) is 49.0 Å². The van der Waals surface area contributed by atoms with Crippen LogP contribution in [-0.4, -0.2) is 38.7 Å². The average molecular weight is 354 g/mol. The summed E-state index contributed by atoms with van der Waals surface area (Å²) in [6.45, 7) is 3.42. The molecule has 0 spiro atoms. The molecule has 2 aromatic heterocycles. The third-order valence-electron chi connectivity index (χ3n) is 5.42. The van der Waals surface area contributed by atoms with E-state index >= 15 is 0 Å². The molecule has 1 aliphatic heterocycles. The smallest absolute Gasteiger partial charge is 0.227 e. The van der Waals surface area contributed by atoms with Crippen LogP contribution >= 0.6 is 0 Å². The molecule has 1 saturated heterocycles. The summed E-state index contributed by atoms with van der Waals surface area (Å²) in [5.74, 6) is 0.303. The molecular weight excluding hydrogens is 331 g/mol. The van der Waals surface area contributed by atoms with Gasteiger partial charge in [-0.25, -0.2) is 4.39 Å². The van der Waals surface area contributed by atoms with Gasteiger partial charge in [0.15, 0.2) is 0 Å². The highest BCUT2D eigenvalue weighted by molar-refractivity contribution is 5.84. The normalized spacial score (nSPS) is 15.7. The Morgan fingerprint density at radius 2 is 2.12 bits per heavy atom. The number of rotatable bonds is 3. The predicted molar refractivity (Wildman–Crippen MR) is 98.5 cm³/mol. The number of nitrogens with zero attached hydrogens (tertiary/aromatic N) is 3. The molecule has 0 unspecified atom stereocenters. The van der Waals surface area contributed by atoms with Crippen LogP contribution in [0.2, 0.25) is 0 Å². The van der Waals surface area contributed by atoms with Crippen molar-refractivity contribution in [2.45, 2.75) is 32.1 Å². The van der Waals surface area contributed by atoms with Crippen LogP contribution in [0.1, 0.15) is 35.6 Å². The number of hydrogen-bond donors (Lipinski definition) is 1. The molecule has 1 amide bonds. The van der Waals surface area contributed by atoms with Crippen molar-refractivity contribution in [2.24, 2.45) is 7.05 Å². The highest BCUT2D eigenvalue weighted by Gasteiger charge is 2.26. The SMILES string of the molecule is Cc1nn(C)cc1CC(=O)N1CCC(c2c[nH]c3ccc(F)cc23)CC1. The molecule has 26 heavy (non-hydrogen) atoms. The minimum absolute atomic E-state index is 0.157. The fourth-order valence-electron chi connectivity index (χ4n) is 3.99. The minimum Gasteiger partial charge on any atom is -0.361 e. The van der Waals surface area contributed by atoms with E-state index in [4.69, 9.17) is 0 Å². The fourth-order valence-corrected chi connectivity index (χ4v) is 3.99. The lowest BCUT2D eigenvalue weighted by Crippen LogP contribution is -2.38. The molecule has 0 bridgehead atoms. The van der Waals surface area contributed by atoms with Crippen LogP contribution in [0.15, 0.2) is 30.6 Å².